The number of nitrogens with zero attached hydrogens (tertiary/aromatic N) is 1. The number of piperidine rings is 1. The highest BCUT2D eigenvalue weighted by atomic mass is 16.3. The van der Waals surface area contributed by atoms with Crippen LogP contribution in [0.25, 0.3) is 0 Å². The molecule has 2 bridgehead atoms. The van der Waals surface area contributed by atoms with Crippen molar-refractivity contribution in [2.24, 2.45) is 5.92 Å². The fourth-order valence-electron chi connectivity index (χ4n) is 4.35. The molecule has 1 saturated heterocycles. The number of hydrogen-bond donors (Lipinski definition) is 1. The van der Waals surface area contributed by atoms with Crippen LogP contribution in [0.15, 0.2) is 18.2 Å². The van der Waals surface area contributed by atoms with E-state index in [-0.39, 0.29) is 5.41 Å². The summed E-state index contributed by atoms with van der Waals surface area (Å²) >= 11 is 0. The van der Waals surface area contributed by atoms with Crippen LogP contribution < -0.4 is 0 Å². The van der Waals surface area contributed by atoms with Gasteiger partial charge in [-0.2, -0.15) is 0 Å². The Bertz CT molecular complexity index is 470. The Labute approximate surface area is 110 Å². The van der Waals surface area contributed by atoms with Gasteiger partial charge in [-0.25, -0.2) is 0 Å². The lowest BCUT2D eigenvalue weighted by Gasteiger charge is -2.54. The maximum Gasteiger partial charge on any atom is 0.115 e. The Morgan fingerprint density at radius 1 is 1.44 bits per heavy atom. The number of benzene rings is 1. The maximum atomic E-state index is 9.80. The second kappa shape index (κ2) is 3.99. The van der Waals surface area contributed by atoms with Gasteiger partial charge in [-0.05, 0) is 61.0 Å². The van der Waals surface area contributed by atoms with Gasteiger partial charge in [0.2, 0.25) is 0 Å². The third-order valence-corrected chi connectivity index (χ3v) is 5.41. The highest BCUT2D eigenvalue weighted by molar-refractivity contribution is 5.44. The molecule has 0 amide bonds. The van der Waals surface area contributed by atoms with E-state index in [9.17, 15) is 5.11 Å². The summed E-state index contributed by atoms with van der Waals surface area (Å²) in [5, 5.41) is 9.80. The average molecular weight is 245 g/mol. The zero-order valence-electron chi connectivity index (χ0n) is 11.6. The summed E-state index contributed by atoms with van der Waals surface area (Å²) < 4.78 is 0. The molecule has 1 heterocycles. The Morgan fingerprint density at radius 2 is 2.22 bits per heavy atom. The number of phenols is 1. The van der Waals surface area contributed by atoms with Crippen LogP contribution in [0.5, 0.6) is 5.75 Å². The Balaban J connectivity index is 2.15. The standard InChI is InChI=1S/C16H23NO/c1-4-13-15-9-11-5-6-12(18)10-14(11)16(13,2)7-8-17(15)3/h5-6,10,13,15,18H,4,7-9H2,1-3H3/t13-,15?,16+/m1/s1. The second-order valence-electron chi connectivity index (χ2n) is 6.28. The van der Waals surface area contributed by atoms with Gasteiger partial charge in [-0.15, -0.1) is 0 Å². The summed E-state index contributed by atoms with van der Waals surface area (Å²) in [5.41, 5.74) is 3.09. The van der Waals surface area contributed by atoms with E-state index >= 15 is 0 Å². The van der Waals surface area contributed by atoms with Crippen LogP contribution >= 0.6 is 0 Å². The molecule has 0 aromatic heterocycles. The van der Waals surface area contributed by atoms with Crippen molar-refractivity contribution in [3.05, 3.63) is 29.3 Å². The van der Waals surface area contributed by atoms with Crippen molar-refractivity contribution in [1.29, 1.82) is 0 Å². The molecule has 0 radical (unpaired) electrons. The predicted molar refractivity (Wildman–Crippen MR) is 74.0 cm³/mol. The molecule has 3 atom stereocenters. The zero-order chi connectivity index (χ0) is 12.9. The van der Waals surface area contributed by atoms with Crippen molar-refractivity contribution >= 4 is 0 Å². The van der Waals surface area contributed by atoms with Gasteiger partial charge in [-0.1, -0.05) is 26.3 Å². The van der Waals surface area contributed by atoms with Gasteiger partial charge in [0.05, 0.1) is 0 Å². The molecule has 1 aliphatic carbocycles. The predicted octanol–water partition coefficient (Wildman–Crippen LogP) is 2.94. The molecule has 1 fully saturated rings. The number of likely N-dealkylation sites (tertiary alicyclic amines) is 1. The molecule has 1 aliphatic heterocycles. The third kappa shape index (κ3) is 1.51. The topological polar surface area (TPSA) is 23.5 Å². The first-order chi connectivity index (χ1) is 8.56. The minimum absolute atomic E-state index is 0.248. The van der Waals surface area contributed by atoms with Crippen molar-refractivity contribution in [1.82, 2.24) is 4.90 Å². The van der Waals surface area contributed by atoms with E-state index in [0.29, 0.717) is 17.7 Å². The first-order valence-electron chi connectivity index (χ1n) is 7.09. The van der Waals surface area contributed by atoms with Gasteiger partial charge < -0.3 is 10.0 Å². The molecule has 0 spiro atoms. The summed E-state index contributed by atoms with van der Waals surface area (Å²) in [5.74, 6) is 1.13. The Kier molecular flexibility index (Phi) is 2.67. The summed E-state index contributed by atoms with van der Waals surface area (Å²) in [6, 6.07) is 6.65. The van der Waals surface area contributed by atoms with Gasteiger partial charge in [0.25, 0.3) is 0 Å². The van der Waals surface area contributed by atoms with E-state index in [2.05, 4.69) is 31.9 Å². The van der Waals surface area contributed by atoms with Crippen LogP contribution in [0.4, 0.5) is 0 Å². The van der Waals surface area contributed by atoms with Crippen LogP contribution in [0.3, 0.4) is 0 Å². The van der Waals surface area contributed by atoms with Gasteiger partial charge in [-0.3, -0.25) is 0 Å². The van der Waals surface area contributed by atoms with Crippen LogP contribution in [-0.2, 0) is 11.8 Å². The molecule has 1 aromatic rings. The van der Waals surface area contributed by atoms with E-state index in [4.69, 9.17) is 0 Å². The van der Waals surface area contributed by atoms with E-state index < -0.39 is 0 Å². The van der Waals surface area contributed by atoms with Crippen molar-refractivity contribution in [2.45, 2.75) is 44.6 Å². The molecule has 1 N–H and O–H groups in total. The average Bonchev–Trinajstić information content (AvgIpc) is 2.35. The summed E-state index contributed by atoms with van der Waals surface area (Å²) in [6.45, 7) is 5.88. The van der Waals surface area contributed by atoms with Crippen LogP contribution in [-0.4, -0.2) is 29.6 Å². The number of aromatic hydroxyl groups is 1. The fourth-order valence-corrected chi connectivity index (χ4v) is 4.35. The van der Waals surface area contributed by atoms with E-state index in [1.54, 1.807) is 0 Å². The highest BCUT2D eigenvalue weighted by Crippen LogP contribution is 2.50. The molecular weight excluding hydrogens is 222 g/mol. The van der Waals surface area contributed by atoms with Crippen LogP contribution in [0, 0.1) is 5.92 Å². The summed E-state index contributed by atoms with van der Waals surface area (Å²) in [6.07, 6.45) is 3.57. The molecule has 2 heteroatoms. The molecule has 1 unspecified atom stereocenters. The van der Waals surface area contributed by atoms with Crippen molar-refractivity contribution in [3.63, 3.8) is 0 Å². The monoisotopic (exact) mass is 245 g/mol. The molecule has 3 rings (SSSR count). The normalized spacial score (nSPS) is 35.3. The lowest BCUT2D eigenvalue weighted by Crippen LogP contribution is -2.57. The van der Waals surface area contributed by atoms with E-state index in [0.717, 1.165) is 6.42 Å². The number of phenolic OH excluding ortho intramolecular Hbond substituents is 1. The van der Waals surface area contributed by atoms with Gasteiger partial charge in [0.15, 0.2) is 0 Å². The fraction of sp³-hybridized carbons (Fsp3) is 0.625. The largest absolute Gasteiger partial charge is 0.508 e. The Hall–Kier alpha value is -1.02. The van der Waals surface area contributed by atoms with Crippen molar-refractivity contribution in [3.8, 4) is 5.75 Å². The van der Waals surface area contributed by atoms with Crippen molar-refractivity contribution < 1.29 is 5.11 Å². The zero-order valence-corrected chi connectivity index (χ0v) is 11.6. The van der Waals surface area contributed by atoms with Gasteiger partial charge in [0, 0.05) is 6.04 Å². The first-order valence-corrected chi connectivity index (χ1v) is 7.09. The maximum absolute atomic E-state index is 9.80. The number of rotatable bonds is 1. The first kappa shape index (κ1) is 12.0. The van der Waals surface area contributed by atoms with Crippen molar-refractivity contribution in [2.75, 3.05) is 13.6 Å². The van der Waals surface area contributed by atoms with Crippen LogP contribution in [0.1, 0.15) is 37.8 Å². The lowest BCUT2D eigenvalue weighted by atomic mass is 9.57. The minimum Gasteiger partial charge on any atom is -0.508 e. The smallest absolute Gasteiger partial charge is 0.115 e. The molecular formula is C16H23NO. The van der Waals surface area contributed by atoms with E-state index in [1.807, 2.05) is 12.1 Å². The van der Waals surface area contributed by atoms with Crippen LogP contribution in [0.2, 0.25) is 0 Å². The molecule has 2 nitrogen and oxygen atoms in total. The SMILES string of the molecule is CC[C@@H]1C2Cc3ccc(O)cc3[C@@]1(C)CCN2C. The van der Waals surface area contributed by atoms with Gasteiger partial charge in [0.1, 0.15) is 5.75 Å². The third-order valence-electron chi connectivity index (χ3n) is 5.41. The second-order valence-corrected chi connectivity index (χ2v) is 6.28. The minimum atomic E-state index is 0.248. The highest BCUT2D eigenvalue weighted by Gasteiger charge is 2.48. The number of hydrogen-bond acceptors (Lipinski definition) is 2. The molecule has 18 heavy (non-hydrogen) atoms. The Morgan fingerprint density at radius 3 is 2.94 bits per heavy atom. The number of fused-ring (bicyclic) bond motifs is 4. The summed E-state index contributed by atoms with van der Waals surface area (Å²) in [7, 11) is 2.26. The summed E-state index contributed by atoms with van der Waals surface area (Å²) in [4.78, 5) is 2.53. The quantitative estimate of drug-likeness (QED) is 0.822. The number of likely N-dealkylation sites (N-methyl/N-ethyl adjacent to an activating group) is 1. The molecule has 0 saturated carbocycles. The molecule has 1 aromatic carbocycles. The molecule has 98 valence electrons. The van der Waals surface area contributed by atoms with E-state index in [1.165, 1.54) is 30.5 Å². The van der Waals surface area contributed by atoms with Gasteiger partial charge >= 0.3 is 0 Å². The molecule has 2 aliphatic rings. The lowest BCUT2D eigenvalue weighted by molar-refractivity contribution is 0.0376.